The van der Waals surface area contributed by atoms with E-state index < -0.39 is 19.7 Å². The van der Waals surface area contributed by atoms with Gasteiger partial charge in [0.1, 0.15) is 11.5 Å². The van der Waals surface area contributed by atoms with Gasteiger partial charge in [0.25, 0.3) is 11.9 Å². The lowest BCUT2D eigenvalue weighted by atomic mass is 10.2. The number of likely N-dealkylation sites (N-methyl/N-ethyl adjacent to an activating group) is 2. The van der Waals surface area contributed by atoms with Crippen molar-refractivity contribution in [2.24, 2.45) is 0 Å². The summed E-state index contributed by atoms with van der Waals surface area (Å²) in [5, 5.41) is 14.0. The highest BCUT2D eigenvalue weighted by Gasteiger charge is 2.31. The largest absolute Gasteiger partial charge is 0.453 e. The van der Waals surface area contributed by atoms with Crippen molar-refractivity contribution in [1.29, 1.82) is 0 Å². The zero-order valence-electron chi connectivity index (χ0n) is 38.0. The zero-order chi connectivity index (χ0) is 47.2. The molecular weight excluding hydrogens is 905 g/mol. The average Bonchev–Trinajstić information content (AvgIpc) is 3.97. The maximum atomic E-state index is 12.2. The highest BCUT2D eigenvalue weighted by Crippen LogP contribution is 2.39. The molecule has 2 aliphatic rings. The standard InChI is InChI=1S/C48H50N12O6S2/c1-53-25-29-55(30-26-53)35-9-5-11-37(33-35)59(47-49-45-43(13-7-23-57(45)51-47)65-39-15-19-41(20-16-39)67(3,61)62)60(38-12-6-10-36(34-38)56-31-27-54(2)28-32-56)48-50-46-44(14-8-24-58(46)52-48)66-40-17-21-42(22-18-40)68(4,63)64/h5-24,33-34H,25-32H2,1-4H3. The molecular formula is C48H50N12O6S2. The number of aromatic nitrogens is 6. The van der Waals surface area contributed by atoms with E-state index >= 15 is 0 Å². The Labute approximate surface area is 394 Å². The number of nitrogens with zero attached hydrogens (tertiary/aromatic N) is 12. The van der Waals surface area contributed by atoms with Gasteiger partial charge >= 0.3 is 0 Å². The third-order valence-electron chi connectivity index (χ3n) is 12.1. The van der Waals surface area contributed by atoms with Crippen LogP contribution in [0.2, 0.25) is 0 Å². The Kier molecular flexibility index (Phi) is 11.9. The Morgan fingerprint density at radius 1 is 0.485 bits per heavy atom. The fourth-order valence-electron chi connectivity index (χ4n) is 8.26. The summed E-state index contributed by atoms with van der Waals surface area (Å²) in [6, 6.07) is 36.2. The van der Waals surface area contributed by atoms with Crippen molar-refractivity contribution in [3.8, 4) is 23.0 Å². The lowest BCUT2D eigenvalue weighted by molar-refractivity contribution is 0.313. The van der Waals surface area contributed by atoms with Crippen LogP contribution in [0.25, 0.3) is 11.3 Å². The molecule has 0 amide bonds. The number of benzene rings is 4. The molecule has 0 bridgehead atoms. The number of piperazine rings is 2. The minimum atomic E-state index is -3.41. The van der Waals surface area contributed by atoms with E-state index in [4.69, 9.17) is 29.6 Å². The number of ether oxygens (including phenoxy) is 2. The van der Waals surface area contributed by atoms with E-state index in [0.717, 1.165) is 75.1 Å². The summed E-state index contributed by atoms with van der Waals surface area (Å²) in [6.07, 6.45) is 5.91. The van der Waals surface area contributed by atoms with E-state index in [2.05, 4.69) is 58.0 Å². The van der Waals surface area contributed by atoms with Crippen molar-refractivity contribution in [2.45, 2.75) is 9.79 Å². The Balaban J connectivity index is 1.14. The topological polar surface area (TPSA) is 167 Å². The fraction of sp³-hybridized carbons (Fsp3) is 0.250. The number of hydrazine groups is 1. The van der Waals surface area contributed by atoms with Gasteiger partial charge in [0.15, 0.2) is 42.5 Å². The summed E-state index contributed by atoms with van der Waals surface area (Å²) in [5.41, 5.74) is 4.31. The van der Waals surface area contributed by atoms with Crippen molar-refractivity contribution < 1.29 is 26.3 Å². The van der Waals surface area contributed by atoms with Gasteiger partial charge in [-0.05, 0) is 123 Å². The van der Waals surface area contributed by atoms with Crippen LogP contribution in [0, 0.1) is 0 Å². The van der Waals surface area contributed by atoms with Gasteiger partial charge in [-0.3, -0.25) is 0 Å². The molecule has 2 fully saturated rings. The van der Waals surface area contributed by atoms with Crippen molar-refractivity contribution >= 4 is 65.6 Å². The summed E-state index contributed by atoms with van der Waals surface area (Å²) in [7, 11) is -2.55. The first-order valence-corrected chi connectivity index (χ1v) is 25.9. The molecule has 0 unspecified atom stereocenters. The average molecular weight is 955 g/mol. The molecule has 4 aromatic heterocycles. The van der Waals surface area contributed by atoms with Crippen LogP contribution in [-0.4, -0.2) is 135 Å². The van der Waals surface area contributed by atoms with Crippen LogP contribution < -0.4 is 29.3 Å². The first kappa shape index (κ1) is 44.6. The van der Waals surface area contributed by atoms with Gasteiger partial charge in [-0.15, -0.1) is 10.2 Å². The van der Waals surface area contributed by atoms with Crippen molar-refractivity contribution in [2.75, 3.05) is 98.8 Å². The first-order valence-electron chi connectivity index (χ1n) is 22.1. The molecule has 18 nitrogen and oxygen atoms in total. The SMILES string of the molecule is CN1CCN(c2cccc(N(c3nc4c(Oc5ccc(S(C)(=O)=O)cc5)cccn4n3)N(c3cccc(N4CCN(C)CC4)c3)c3nc4c(Oc5ccc(S(C)(=O)=O)cc5)cccn4n3)c2)CC1. The van der Waals surface area contributed by atoms with Crippen LogP contribution in [0.3, 0.4) is 0 Å². The number of fused-ring (bicyclic) bond motifs is 2. The van der Waals surface area contributed by atoms with E-state index in [1.807, 2.05) is 34.3 Å². The second kappa shape index (κ2) is 18.1. The molecule has 2 aliphatic heterocycles. The van der Waals surface area contributed by atoms with E-state index in [0.29, 0.717) is 34.3 Å². The number of hydrogen-bond donors (Lipinski definition) is 0. The summed E-state index contributed by atoms with van der Waals surface area (Å²) in [4.78, 5) is 20.1. The van der Waals surface area contributed by atoms with Gasteiger partial charge in [-0.1, -0.05) is 12.1 Å². The normalized spacial score (nSPS) is 15.2. The number of sulfone groups is 2. The molecule has 2 saturated heterocycles. The quantitative estimate of drug-likeness (QED) is 0.114. The minimum Gasteiger partial charge on any atom is -0.453 e. The van der Waals surface area contributed by atoms with Gasteiger partial charge in [-0.2, -0.15) is 9.97 Å². The number of hydrogen-bond acceptors (Lipinski definition) is 16. The molecule has 0 spiro atoms. The second-order valence-electron chi connectivity index (χ2n) is 17.0. The van der Waals surface area contributed by atoms with Gasteiger partial charge in [0.2, 0.25) is 0 Å². The summed E-state index contributed by atoms with van der Waals surface area (Å²) in [6.45, 7) is 7.08. The lowest BCUT2D eigenvalue weighted by Crippen LogP contribution is -2.44. The molecule has 350 valence electrons. The van der Waals surface area contributed by atoms with E-state index in [1.54, 1.807) is 70.0 Å². The minimum absolute atomic E-state index is 0.182. The molecule has 8 aromatic rings. The maximum Gasteiger partial charge on any atom is 0.269 e. The Morgan fingerprint density at radius 3 is 1.24 bits per heavy atom. The molecule has 0 saturated carbocycles. The lowest BCUT2D eigenvalue weighted by Gasteiger charge is -2.37. The summed E-state index contributed by atoms with van der Waals surface area (Å²) < 4.78 is 64.9. The Bertz CT molecular complexity index is 3110. The summed E-state index contributed by atoms with van der Waals surface area (Å²) >= 11 is 0. The Hall–Kier alpha value is -7.26. The third-order valence-corrected chi connectivity index (χ3v) is 14.3. The zero-order valence-corrected chi connectivity index (χ0v) is 39.6. The van der Waals surface area contributed by atoms with E-state index in [-0.39, 0.29) is 21.7 Å². The third kappa shape index (κ3) is 9.35. The predicted molar refractivity (Wildman–Crippen MR) is 262 cm³/mol. The summed E-state index contributed by atoms with van der Waals surface area (Å²) in [5.74, 6) is 2.18. The monoisotopic (exact) mass is 954 g/mol. The molecule has 0 N–H and O–H groups in total. The molecule has 0 aliphatic carbocycles. The van der Waals surface area contributed by atoms with Crippen LogP contribution in [0.5, 0.6) is 23.0 Å². The predicted octanol–water partition coefficient (Wildman–Crippen LogP) is 6.56. The van der Waals surface area contributed by atoms with Gasteiger partial charge < -0.3 is 29.1 Å². The van der Waals surface area contributed by atoms with Crippen molar-refractivity contribution in [3.05, 3.63) is 134 Å². The van der Waals surface area contributed by atoms with Crippen LogP contribution in [0.4, 0.5) is 34.6 Å². The molecule has 0 atom stereocenters. The van der Waals surface area contributed by atoms with Crippen LogP contribution >= 0.6 is 0 Å². The maximum absolute atomic E-state index is 12.2. The van der Waals surface area contributed by atoms with Crippen LogP contribution in [0.1, 0.15) is 0 Å². The van der Waals surface area contributed by atoms with Gasteiger partial charge in [0.05, 0.1) is 21.2 Å². The highest BCUT2D eigenvalue weighted by molar-refractivity contribution is 7.91. The molecule has 4 aromatic carbocycles. The number of rotatable bonds is 13. The second-order valence-corrected chi connectivity index (χ2v) is 21.1. The molecule has 0 radical (unpaired) electrons. The molecule has 10 rings (SSSR count). The molecule has 6 heterocycles. The number of anilines is 6. The smallest absolute Gasteiger partial charge is 0.269 e. The highest BCUT2D eigenvalue weighted by atomic mass is 32.2. The van der Waals surface area contributed by atoms with Gasteiger partial charge in [0, 0.05) is 88.6 Å². The number of pyridine rings is 2. The van der Waals surface area contributed by atoms with Crippen molar-refractivity contribution in [1.82, 2.24) is 39.0 Å². The van der Waals surface area contributed by atoms with Crippen molar-refractivity contribution in [3.63, 3.8) is 0 Å². The van der Waals surface area contributed by atoms with Crippen LogP contribution in [-0.2, 0) is 19.7 Å². The van der Waals surface area contributed by atoms with E-state index in [1.165, 1.54) is 36.8 Å². The van der Waals surface area contributed by atoms with Crippen LogP contribution in [0.15, 0.2) is 144 Å². The first-order chi connectivity index (χ1) is 32.7. The molecule has 68 heavy (non-hydrogen) atoms. The fourth-order valence-corrected chi connectivity index (χ4v) is 9.52. The molecule has 20 heteroatoms. The van der Waals surface area contributed by atoms with Gasteiger partial charge in [-0.25, -0.2) is 35.9 Å². The Morgan fingerprint density at radius 2 is 0.868 bits per heavy atom. The van der Waals surface area contributed by atoms with E-state index in [9.17, 15) is 16.8 Å².